The number of nitrogens with one attached hydrogen (secondary N) is 1. The van der Waals surface area contributed by atoms with Crippen molar-refractivity contribution in [2.75, 3.05) is 51.6 Å². The number of rotatable bonds is 9. The highest BCUT2D eigenvalue weighted by Gasteiger charge is 2.22. The zero-order chi connectivity index (χ0) is 24.3. The second-order valence-electron chi connectivity index (χ2n) is 6.38. The molecular weight excluding hydrogens is 362 g/mol. The Balaban J connectivity index is 1.85. The molecule has 1 unspecified atom stereocenters. The molecule has 1 saturated heterocycles. The second-order valence-corrected chi connectivity index (χ2v) is 6.38. The van der Waals surface area contributed by atoms with E-state index in [1.165, 1.54) is 14.2 Å². The standard InChI is InChI=1S/C19H27N5O4/c1-24(8-5-7-21-18(25)14-6-4-9-28-14)19-22-13-11-16(27-3)15(26-2)10-12(13)17(20)23-19/h10-11,14H,4-9H2,1-3H3,(H,21,25)(H2,20,22,23)/i10D,11D/hD3. The Morgan fingerprint density at radius 1 is 1.46 bits per heavy atom. The van der Waals surface area contributed by atoms with E-state index in [4.69, 9.17) is 21.2 Å². The predicted octanol–water partition coefficient (Wildman–Crippen LogP) is 1.35. The van der Waals surface area contributed by atoms with Gasteiger partial charge in [0.2, 0.25) is 11.9 Å². The van der Waals surface area contributed by atoms with Gasteiger partial charge in [0.05, 0.1) is 22.5 Å². The highest BCUT2D eigenvalue weighted by molar-refractivity contribution is 5.91. The van der Waals surface area contributed by atoms with Crippen LogP contribution >= 0.6 is 0 Å². The van der Waals surface area contributed by atoms with E-state index in [-0.39, 0.29) is 64.4 Å². The van der Waals surface area contributed by atoms with Crippen LogP contribution in [0.5, 0.6) is 11.5 Å². The quantitative estimate of drug-likeness (QED) is 0.655. The normalized spacial score (nSPS) is 18.5. The Labute approximate surface area is 171 Å². The van der Waals surface area contributed by atoms with Crippen LogP contribution in [0.25, 0.3) is 10.9 Å². The van der Waals surface area contributed by atoms with Crippen LogP contribution in [-0.2, 0) is 9.53 Å². The lowest BCUT2D eigenvalue weighted by Crippen LogP contribution is -2.36. The van der Waals surface area contributed by atoms with Crippen LogP contribution in [0.1, 0.15) is 22.0 Å². The molecule has 28 heavy (non-hydrogen) atoms. The molecule has 0 bridgehead atoms. The van der Waals surface area contributed by atoms with Gasteiger partial charge >= 0.3 is 0 Å². The summed E-state index contributed by atoms with van der Waals surface area (Å²) in [5.41, 5.74) is 0.306. The molecule has 1 aliphatic heterocycles. The lowest BCUT2D eigenvalue weighted by molar-refractivity contribution is -0.130. The molecule has 1 aromatic heterocycles. The number of anilines is 2. The third-order valence-electron chi connectivity index (χ3n) is 4.43. The Bertz CT molecular complexity index is 1020. The first-order valence-electron chi connectivity index (χ1n) is 11.4. The Morgan fingerprint density at radius 3 is 2.93 bits per heavy atom. The van der Waals surface area contributed by atoms with E-state index in [0.29, 0.717) is 26.0 Å². The van der Waals surface area contributed by atoms with Crippen molar-refractivity contribution in [3.63, 3.8) is 0 Å². The first-order valence-corrected chi connectivity index (χ1v) is 9.05. The number of carbonyl (C=O) groups is 1. The van der Waals surface area contributed by atoms with Crippen LogP contribution in [0.2, 0.25) is 4.24 Å². The minimum atomic E-state index is -0.548. The third kappa shape index (κ3) is 4.36. The molecule has 1 aromatic carbocycles. The third-order valence-corrected chi connectivity index (χ3v) is 4.43. The van der Waals surface area contributed by atoms with Crippen molar-refractivity contribution in [2.45, 2.75) is 25.4 Å². The molecule has 1 fully saturated rings. The summed E-state index contributed by atoms with van der Waals surface area (Å²) in [6.07, 6.45) is 1.32. The van der Waals surface area contributed by atoms with Gasteiger partial charge in [-0.25, -0.2) is 4.98 Å². The lowest BCUT2D eigenvalue weighted by atomic mass is 10.2. The second kappa shape index (κ2) is 8.92. The number of fused-ring (bicyclic) bond motifs is 1. The molecule has 2 aromatic rings. The van der Waals surface area contributed by atoms with Crippen LogP contribution in [0.3, 0.4) is 0 Å². The Morgan fingerprint density at radius 2 is 2.25 bits per heavy atom. The maximum atomic E-state index is 12.2. The number of ether oxygens (including phenoxy) is 3. The Kier molecular flexibility index (Phi) is 4.53. The number of nitrogens with zero attached hydrogens (tertiary/aromatic N) is 3. The molecular formula is C19H27N5O4. The number of nitrogens with two attached hydrogens (primary N) is 1. The molecule has 152 valence electrons. The summed E-state index contributed by atoms with van der Waals surface area (Å²) in [6, 6.07) is -0.341. The summed E-state index contributed by atoms with van der Waals surface area (Å²) < 4.78 is 56.1. The molecule has 1 amide bonds. The van der Waals surface area contributed by atoms with Crippen LogP contribution in [0.4, 0.5) is 11.8 Å². The van der Waals surface area contributed by atoms with E-state index in [0.717, 1.165) is 11.7 Å². The molecule has 1 atom stereocenters. The molecule has 0 saturated carbocycles. The topological polar surface area (TPSA) is 112 Å². The van der Waals surface area contributed by atoms with E-state index in [9.17, 15) is 4.79 Å². The Hall–Kier alpha value is -2.81. The van der Waals surface area contributed by atoms with Crippen LogP contribution < -0.4 is 25.4 Å². The molecule has 1 aliphatic rings. The minimum Gasteiger partial charge on any atom is -0.493 e. The van der Waals surface area contributed by atoms with Crippen molar-refractivity contribution in [3.8, 4) is 11.5 Å². The summed E-state index contributed by atoms with van der Waals surface area (Å²) in [5.74, 6) is -0.399. The van der Waals surface area contributed by atoms with Gasteiger partial charge in [-0.3, -0.25) is 4.79 Å². The first-order chi connectivity index (χ1) is 15.7. The van der Waals surface area contributed by atoms with Crippen molar-refractivity contribution in [3.05, 3.63) is 12.1 Å². The molecule has 0 radical (unpaired) electrons. The monoisotopic (exact) mass is 394 g/mol. The molecule has 0 spiro atoms. The number of amides is 1. The highest BCUT2D eigenvalue weighted by Crippen LogP contribution is 2.33. The van der Waals surface area contributed by atoms with Crippen molar-refractivity contribution in [1.29, 1.82) is 0 Å². The average molecular weight is 394 g/mol. The average Bonchev–Trinajstić information content (AvgIpc) is 3.34. The molecule has 0 aliphatic carbocycles. The highest BCUT2D eigenvalue weighted by atomic mass is 16.5. The number of carbonyl (C=O) groups excluding carboxylic acids is 1. The van der Waals surface area contributed by atoms with Crippen molar-refractivity contribution in [2.24, 2.45) is 0 Å². The molecule has 3 rings (SSSR count). The number of methoxy groups -OCH3 is 2. The van der Waals surface area contributed by atoms with E-state index in [2.05, 4.69) is 9.97 Å². The van der Waals surface area contributed by atoms with Crippen LogP contribution in [-0.4, -0.2) is 62.9 Å². The van der Waals surface area contributed by atoms with Gasteiger partial charge in [0.25, 0.3) is 0 Å². The number of hydrogen-bond acceptors (Lipinski definition) is 8. The molecule has 9 heteroatoms. The molecule has 2 heterocycles. The zero-order valence-electron chi connectivity index (χ0n) is 21.2. The predicted molar refractivity (Wildman–Crippen MR) is 107 cm³/mol. The SMILES string of the molecule is [2H]c1c(OC)c(OC)c([2H])c2c(N([2H])[2H])nc(N(C)CCCN([2H])C(=O)C3CCCO3)nc12. The smallest absolute Gasteiger partial charge is 0.249 e. The van der Waals surface area contributed by atoms with E-state index < -0.39 is 6.10 Å². The number of nitrogen functional groups attached to an aromatic ring is 1. The van der Waals surface area contributed by atoms with Gasteiger partial charge in [-0.2, -0.15) is 4.98 Å². The van der Waals surface area contributed by atoms with Gasteiger partial charge in [0.1, 0.15) is 11.9 Å². The molecule has 9 nitrogen and oxygen atoms in total. The van der Waals surface area contributed by atoms with Crippen LogP contribution in [0.15, 0.2) is 12.1 Å². The molecule has 3 N–H and O–H groups in total. The van der Waals surface area contributed by atoms with E-state index in [1.54, 1.807) is 11.9 Å². The van der Waals surface area contributed by atoms with Gasteiger partial charge in [-0.1, -0.05) is 0 Å². The van der Waals surface area contributed by atoms with E-state index in [1.807, 2.05) is 0 Å². The van der Waals surface area contributed by atoms with Gasteiger partial charge in [0, 0.05) is 38.2 Å². The minimum absolute atomic E-state index is 0.00532. The van der Waals surface area contributed by atoms with Crippen molar-refractivity contribution >= 4 is 28.6 Å². The van der Waals surface area contributed by atoms with Crippen molar-refractivity contribution < 1.29 is 26.0 Å². The summed E-state index contributed by atoms with van der Waals surface area (Å²) >= 11 is 0. The van der Waals surface area contributed by atoms with E-state index >= 15 is 0 Å². The number of benzene rings is 1. The number of hydrogen-bond donors (Lipinski definition) is 2. The summed E-state index contributed by atoms with van der Waals surface area (Å²) in [6.45, 7) is 1.08. The summed E-state index contributed by atoms with van der Waals surface area (Å²) in [7, 11) is 4.37. The fourth-order valence-electron chi connectivity index (χ4n) is 2.91. The largest absolute Gasteiger partial charge is 0.493 e. The van der Waals surface area contributed by atoms with Gasteiger partial charge in [-0.05, 0) is 25.3 Å². The summed E-state index contributed by atoms with van der Waals surface area (Å²) in [5, 5.41) is 0.927. The fraction of sp³-hybridized carbons (Fsp3) is 0.526. The maximum Gasteiger partial charge on any atom is 0.249 e. The van der Waals surface area contributed by atoms with Crippen molar-refractivity contribution in [1.82, 2.24) is 15.3 Å². The van der Waals surface area contributed by atoms with Crippen LogP contribution in [0, 0.1) is 0 Å². The maximum absolute atomic E-state index is 12.2. The summed E-state index contributed by atoms with van der Waals surface area (Å²) in [4.78, 5) is 22.5. The first kappa shape index (κ1) is 14.2. The lowest BCUT2D eigenvalue weighted by Gasteiger charge is -2.19. The zero-order valence-corrected chi connectivity index (χ0v) is 16.2. The van der Waals surface area contributed by atoms with Gasteiger partial charge in [-0.15, -0.1) is 0 Å². The number of aromatic nitrogens is 2. The van der Waals surface area contributed by atoms with Gasteiger partial charge < -0.3 is 30.1 Å². The van der Waals surface area contributed by atoms with Gasteiger partial charge in [0.15, 0.2) is 15.7 Å². The fourth-order valence-corrected chi connectivity index (χ4v) is 2.91.